The van der Waals surface area contributed by atoms with Crippen molar-refractivity contribution in [2.24, 2.45) is 29.6 Å². The topological polar surface area (TPSA) is 0 Å². The zero-order valence-electron chi connectivity index (χ0n) is 8.84. The molecule has 3 saturated carbocycles. The Bertz CT molecular complexity index is 196. The minimum absolute atomic E-state index is 1.12. The summed E-state index contributed by atoms with van der Waals surface area (Å²) in [5, 5.41) is 0. The van der Waals surface area contributed by atoms with Crippen LogP contribution in [0.1, 0.15) is 51.9 Å². The van der Waals surface area contributed by atoms with Crippen LogP contribution in [0, 0.1) is 29.6 Å². The second-order valence-corrected chi connectivity index (χ2v) is 5.67. The third-order valence-corrected chi connectivity index (χ3v) is 5.34. The highest BCUT2D eigenvalue weighted by molar-refractivity contribution is 5.00. The molecule has 5 atom stereocenters. The molecule has 0 amide bonds. The summed E-state index contributed by atoms with van der Waals surface area (Å²) in [5.74, 6) is 5.81. The first-order valence-corrected chi connectivity index (χ1v) is 6.40. The van der Waals surface area contributed by atoms with Crippen LogP contribution in [0.4, 0.5) is 0 Å². The minimum atomic E-state index is 1.12. The van der Waals surface area contributed by atoms with Gasteiger partial charge < -0.3 is 0 Å². The summed E-state index contributed by atoms with van der Waals surface area (Å²) in [6.45, 7) is 2.42. The highest BCUT2D eigenvalue weighted by atomic mass is 14.6. The lowest BCUT2D eigenvalue weighted by Gasteiger charge is -2.40. The van der Waals surface area contributed by atoms with Crippen molar-refractivity contribution >= 4 is 0 Å². The monoisotopic (exact) mass is 178 g/mol. The van der Waals surface area contributed by atoms with E-state index in [0.717, 1.165) is 5.92 Å². The molecule has 3 fully saturated rings. The van der Waals surface area contributed by atoms with Gasteiger partial charge in [0, 0.05) is 0 Å². The van der Waals surface area contributed by atoms with Crippen LogP contribution in [0.15, 0.2) is 0 Å². The van der Waals surface area contributed by atoms with Crippen LogP contribution in [0.5, 0.6) is 0 Å². The summed E-state index contributed by atoms with van der Waals surface area (Å²) < 4.78 is 0. The Labute approximate surface area is 82.1 Å². The van der Waals surface area contributed by atoms with Crippen molar-refractivity contribution in [3.05, 3.63) is 0 Å². The Morgan fingerprint density at radius 2 is 1.85 bits per heavy atom. The van der Waals surface area contributed by atoms with Gasteiger partial charge >= 0.3 is 0 Å². The van der Waals surface area contributed by atoms with Crippen LogP contribution in [0.25, 0.3) is 0 Å². The van der Waals surface area contributed by atoms with Crippen molar-refractivity contribution < 1.29 is 0 Å². The predicted octanol–water partition coefficient (Wildman–Crippen LogP) is 3.86. The zero-order chi connectivity index (χ0) is 8.84. The molecule has 3 aliphatic rings. The van der Waals surface area contributed by atoms with E-state index in [-0.39, 0.29) is 0 Å². The van der Waals surface area contributed by atoms with E-state index < -0.39 is 0 Å². The Balaban J connectivity index is 1.83. The summed E-state index contributed by atoms with van der Waals surface area (Å²) >= 11 is 0. The van der Waals surface area contributed by atoms with Crippen LogP contribution >= 0.6 is 0 Å². The standard InChI is InChI=1S/C13H22/c1-2-9-4-3-5-12-10-6-7-11(8-10)13(9)12/h9-13H,2-8H2,1H3. The van der Waals surface area contributed by atoms with Crippen molar-refractivity contribution in [2.45, 2.75) is 51.9 Å². The molecular weight excluding hydrogens is 156 g/mol. The molecule has 0 N–H and O–H groups in total. The molecule has 0 aromatic rings. The average Bonchev–Trinajstić information content (AvgIpc) is 2.77. The molecule has 2 bridgehead atoms. The van der Waals surface area contributed by atoms with Gasteiger partial charge in [0.15, 0.2) is 0 Å². The molecule has 3 aliphatic carbocycles. The van der Waals surface area contributed by atoms with Crippen LogP contribution in [0.3, 0.4) is 0 Å². The summed E-state index contributed by atoms with van der Waals surface area (Å²) in [6.07, 6.45) is 10.9. The lowest BCUT2D eigenvalue weighted by atomic mass is 9.65. The van der Waals surface area contributed by atoms with Gasteiger partial charge in [-0.1, -0.05) is 26.2 Å². The first-order valence-electron chi connectivity index (χ1n) is 6.40. The van der Waals surface area contributed by atoms with Crippen molar-refractivity contribution in [1.82, 2.24) is 0 Å². The summed E-state index contributed by atoms with van der Waals surface area (Å²) in [5.41, 5.74) is 0. The second kappa shape index (κ2) is 3.00. The molecule has 0 saturated heterocycles. The van der Waals surface area contributed by atoms with E-state index in [2.05, 4.69) is 6.92 Å². The maximum atomic E-state index is 2.42. The van der Waals surface area contributed by atoms with Gasteiger partial charge in [0.25, 0.3) is 0 Å². The van der Waals surface area contributed by atoms with Gasteiger partial charge in [-0.3, -0.25) is 0 Å². The SMILES string of the molecule is CCC1CCCC2C3CCC(C3)C12. The highest BCUT2D eigenvalue weighted by Crippen LogP contribution is 2.59. The number of hydrogen-bond donors (Lipinski definition) is 0. The molecule has 0 heteroatoms. The molecule has 0 aromatic carbocycles. The van der Waals surface area contributed by atoms with E-state index in [0.29, 0.717) is 0 Å². The molecular formula is C13H22. The van der Waals surface area contributed by atoms with Gasteiger partial charge in [0.05, 0.1) is 0 Å². The summed E-state index contributed by atoms with van der Waals surface area (Å²) in [4.78, 5) is 0. The number of rotatable bonds is 1. The van der Waals surface area contributed by atoms with Gasteiger partial charge in [0.2, 0.25) is 0 Å². The van der Waals surface area contributed by atoms with E-state index in [4.69, 9.17) is 0 Å². The predicted molar refractivity (Wildman–Crippen MR) is 55.4 cm³/mol. The molecule has 0 heterocycles. The normalized spacial score (nSPS) is 53.8. The molecule has 74 valence electrons. The van der Waals surface area contributed by atoms with Crippen molar-refractivity contribution in [3.63, 3.8) is 0 Å². The third-order valence-electron chi connectivity index (χ3n) is 5.34. The summed E-state index contributed by atoms with van der Waals surface area (Å²) in [6, 6.07) is 0. The van der Waals surface area contributed by atoms with E-state index in [9.17, 15) is 0 Å². The first-order chi connectivity index (χ1) is 6.40. The molecule has 0 aromatic heterocycles. The third kappa shape index (κ3) is 1.10. The lowest BCUT2D eigenvalue weighted by molar-refractivity contribution is 0.0906. The van der Waals surface area contributed by atoms with Gasteiger partial charge in [-0.15, -0.1) is 0 Å². The molecule has 13 heavy (non-hydrogen) atoms. The van der Waals surface area contributed by atoms with Gasteiger partial charge in [-0.05, 0) is 55.3 Å². The Hall–Kier alpha value is 0. The Kier molecular flexibility index (Phi) is 1.92. The first kappa shape index (κ1) is 8.32. The van der Waals surface area contributed by atoms with Gasteiger partial charge in [-0.25, -0.2) is 0 Å². The van der Waals surface area contributed by atoms with Crippen molar-refractivity contribution in [1.29, 1.82) is 0 Å². The number of fused-ring (bicyclic) bond motifs is 5. The second-order valence-electron chi connectivity index (χ2n) is 5.67. The smallest absolute Gasteiger partial charge is 0.0326 e. The fraction of sp³-hybridized carbons (Fsp3) is 1.00. The van der Waals surface area contributed by atoms with Crippen LogP contribution in [0.2, 0.25) is 0 Å². The van der Waals surface area contributed by atoms with Crippen LogP contribution in [-0.4, -0.2) is 0 Å². The average molecular weight is 178 g/mol. The zero-order valence-corrected chi connectivity index (χ0v) is 8.84. The molecule has 0 spiro atoms. The van der Waals surface area contributed by atoms with Crippen molar-refractivity contribution in [3.8, 4) is 0 Å². The summed E-state index contributed by atoms with van der Waals surface area (Å²) in [7, 11) is 0. The maximum Gasteiger partial charge on any atom is -0.0326 e. The van der Waals surface area contributed by atoms with E-state index in [1.807, 2.05) is 0 Å². The molecule has 5 unspecified atom stereocenters. The fourth-order valence-corrected chi connectivity index (χ4v) is 4.90. The largest absolute Gasteiger partial charge is 0.0651 e. The highest BCUT2D eigenvalue weighted by Gasteiger charge is 2.50. The van der Waals surface area contributed by atoms with Gasteiger partial charge in [-0.2, -0.15) is 0 Å². The van der Waals surface area contributed by atoms with Crippen LogP contribution in [-0.2, 0) is 0 Å². The molecule has 0 nitrogen and oxygen atoms in total. The fourth-order valence-electron chi connectivity index (χ4n) is 4.90. The quantitative estimate of drug-likeness (QED) is 0.572. The van der Waals surface area contributed by atoms with Crippen molar-refractivity contribution in [2.75, 3.05) is 0 Å². The van der Waals surface area contributed by atoms with E-state index in [1.165, 1.54) is 30.1 Å². The van der Waals surface area contributed by atoms with Gasteiger partial charge in [0.1, 0.15) is 0 Å². The van der Waals surface area contributed by atoms with E-state index >= 15 is 0 Å². The number of hydrogen-bond acceptors (Lipinski definition) is 0. The molecule has 0 radical (unpaired) electrons. The van der Waals surface area contributed by atoms with Crippen LogP contribution < -0.4 is 0 Å². The Morgan fingerprint density at radius 3 is 2.69 bits per heavy atom. The molecule has 0 aliphatic heterocycles. The lowest BCUT2D eigenvalue weighted by Crippen LogP contribution is -2.32. The maximum absolute atomic E-state index is 2.42. The minimum Gasteiger partial charge on any atom is -0.0651 e. The molecule has 3 rings (SSSR count). The Morgan fingerprint density at radius 1 is 1.00 bits per heavy atom. The van der Waals surface area contributed by atoms with E-state index in [1.54, 1.807) is 38.5 Å².